The first kappa shape index (κ1) is 13.4. The normalized spacial score (nSPS) is 9.78. The second kappa shape index (κ2) is 5.62. The minimum Gasteiger partial charge on any atom is -0.504 e. The lowest BCUT2D eigenvalue weighted by Gasteiger charge is -2.10. The minimum absolute atomic E-state index is 0.252. The first-order chi connectivity index (χ1) is 8.40. The lowest BCUT2D eigenvalue weighted by Crippen LogP contribution is -2.10. The molecule has 0 fully saturated rings. The van der Waals surface area contributed by atoms with Crippen molar-refractivity contribution in [3.8, 4) is 23.0 Å². The summed E-state index contributed by atoms with van der Waals surface area (Å²) in [6.07, 6.45) is 0. The number of phenols is 2. The minimum atomic E-state index is -1.25. The first-order valence-corrected chi connectivity index (χ1v) is 4.65. The van der Waals surface area contributed by atoms with Crippen molar-refractivity contribution < 1.29 is 39.5 Å². The van der Waals surface area contributed by atoms with Crippen molar-refractivity contribution in [1.82, 2.24) is 0 Å². The molecule has 0 saturated heterocycles. The number of ether oxygens (including phenoxy) is 2. The summed E-state index contributed by atoms with van der Waals surface area (Å²) < 4.78 is 9.36. The van der Waals surface area contributed by atoms with Crippen LogP contribution in [0.25, 0.3) is 0 Å². The van der Waals surface area contributed by atoms with Crippen LogP contribution in [0.3, 0.4) is 0 Å². The van der Waals surface area contributed by atoms with Gasteiger partial charge in [0.25, 0.3) is 0 Å². The third kappa shape index (κ3) is 3.74. The third-order valence-corrected chi connectivity index (χ3v) is 1.74. The molecule has 8 heteroatoms. The van der Waals surface area contributed by atoms with Gasteiger partial charge in [0.05, 0.1) is 0 Å². The SMILES string of the molecule is O=C(O)COc1cc(O)c(OCC(=O)O)cc1O. The molecule has 18 heavy (non-hydrogen) atoms. The number of aliphatic carboxylic acids is 2. The summed E-state index contributed by atoms with van der Waals surface area (Å²) in [4.78, 5) is 20.5. The molecule has 0 saturated carbocycles. The fourth-order valence-electron chi connectivity index (χ4n) is 1.05. The van der Waals surface area contributed by atoms with Crippen LogP contribution in [-0.4, -0.2) is 45.6 Å². The van der Waals surface area contributed by atoms with Crippen molar-refractivity contribution in [3.05, 3.63) is 12.1 Å². The monoisotopic (exact) mass is 258 g/mol. The maximum atomic E-state index is 10.3. The van der Waals surface area contributed by atoms with E-state index in [0.29, 0.717) is 0 Å². The number of aromatic hydroxyl groups is 2. The molecule has 0 heterocycles. The lowest BCUT2D eigenvalue weighted by atomic mass is 10.2. The van der Waals surface area contributed by atoms with E-state index in [1.165, 1.54) is 0 Å². The molecule has 0 radical (unpaired) electrons. The van der Waals surface area contributed by atoms with Crippen LogP contribution in [0, 0.1) is 0 Å². The van der Waals surface area contributed by atoms with E-state index in [4.69, 9.17) is 10.2 Å². The van der Waals surface area contributed by atoms with E-state index in [1.807, 2.05) is 0 Å². The van der Waals surface area contributed by atoms with Crippen LogP contribution in [0.1, 0.15) is 0 Å². The summed E-state index contributed by atoms with van der Waals surface area (Å²) in [5, 5.41) is 35.6. The topological polar surface area (TPSA) is 134 Å². The molecular formula is C10H10O8. The van der Waals surface area contributed by atoms with Gasteiger partial charge in [0, 0.05) is 12.1 Å². The molecule has 0 amide bonds. The zero-order valence-corrected chi connectivity index (χ0v) is 8.99. The Labute approximate surface area is 101 Å². The quantitative estimate of drug-likeness (QED) is 0.525. The lowest BCUT2D eigenvalue weighted by molar-refractivity contribution is -0.140. The van der Waals surface area contributed by atoms with E-state index >= 15 is 0 Å². The molecular weight excluding hydrogens is 248 g/mol. The van der Waals surface area contributed by atoms with Gasteiger partial charge in [0.15, 0.2) is 36.2 Å². The average Bonchev–Trinajstić information content (AvgIpc) is 2.27. The fraction of sp³-hybridized carbons (Fsp3) is 0.200. The summed E-state index contributed by atoms with van der Waals surface area (Å²) in [6.45, 7) is -1.38. The second-order valence-electron chi connectivity index (χ2n) is 3.15. The van der Waals surface area contributed by atoms with Gasteiger partial charge < -0.3 is 29.9 Å². The number of hydrogen-bond acceptors (Lipinski definition) is 6. The Morgan fingerprint density at radius 3 is 1.50 bits per heavy atom. The average molecular weight is 258 g/mol. The zero-order chi connectivity index (χ0) is 13.7. The summed E-state index contributed by atoms with van der Waals surface area (Å²) in [7, 11) is 0. The Balaban J connectivity index is 2.82. The van der Waals surface area contributed by atoms with Crippen molar-refractivity contribution >= 4 is 11.9 Å². The van der Waals surface area contributed by atoms with E-state index in [2.05, 4.69) is 9.47 Å². The van der Waals surface area contributed by atoms with Gasteiger partial charge in [-0.1, -0.05) is 0 Å². The van der Waals surface area contributed by atoms with Gasteiger partial charge in [-0.05, 0) is 0 Å². The van der Waals surface area contributed by atoms with Gasteiger partial charge in [0.1, 0.15) is 0 Å². The summed E-state index contributed by atoms with van der Waals surface area (Å²) in [5.74, 6) is -3.96. The molecule has 1 rings (SSSR count). The zero-order valence-electron chi connectivity index (χ0n) is 8.99. The van der Waals surface area contributed by atoms with Gasteiger partial charge >= 0.3 is 11.9 Å². The maximum Gasteiger partial charge on any atom is 0.341 e. The van der Waals surface area contributed by atoms with E-state index in [-0.39, 0.29) is 11.5 Å². The molecule has 0 aliphatic carbocycles. The van der Waals surface area contributed by atoms with Crippen LogP contribution in [0.5, 0.6) is 23.0 Å². The van der Waals surface area contributed by atoms with Crippen LogP contribution >= 0.6 is 0 Å². The Bertz CT molecular complexity index is 423. The van der Waals surface area contributed by atoms with Crippen LogP contribution < -0.4 is 9.47 Å². The van der Waals surface area contributed by atoms with Crippen molar-refractivity contribution in [1.29, 1.82) is 0 Å². The van der Waals surface area contributed by atoms with Gasteiger partial charge in [-0.3, -0.25) is 0 Å². The highest BCUT2D eigenvalue weighted by Gasteiger charge is 2.13. The summed E-state index contributed by atoms with van der Waals surface area (Å²) in [6, 6.07) is 1.85. The fourth-order valence-corrected chi connectivity index (χ4v) is 1.05. The van der Waals surface area contributed by atoms with Crippen molar-refractivity contribution in [2.45, 2.75) is 0 Å². The molecule has 98 valence electrons. The second-order valence-corrected chi connectivity index (χ2v) is 3.15. The summed E-state index contributed by atoms with van der Waals surface area (Å²) in [5.41, 5.74) is 0. The van der Waals surface area contributed by atoms with E-state index in [1.54, 1.807) is 0 Å². The number of carbonyl (C=O) groups is 2. The van der Waals surface area contributed by atoms with E-state index < -0.39 is 36.7 Å². The highest BCUT2D eigenvalue weighted by atomic mass is 16.5. The highest BCUT2D eigenvalue weighted by Crippen LogP contribution is 2.38. The number of phenolic OH excluding ortho intramolecular Hbond substituents is 2. The highest BCUT2D eigenvalue weighted by molar-refractivity contribution is 5.69. The Morgan fingerprint density at radius 1 is 0.889 bits per heavy atom. The molecule has 0 aromatic heterocycles. The first-order valence-electron chi connectivity index (χ1n) is 4.65. The Morgan fingerprint density at radius 2 is 1.22 bits per heavy atom. The Hall–Kier alpha value is -2.64. The molecule has 4 N–H and O–H groups in total. The molecule has 8 nitrogen and oxygen atoms in total. The molecule has 0 aliphatic heterocycles. The standard InChI is InChI=1S/C10H10O8/c11-5-1-7(17-3-9(13)14)6(12)2-8(5)18-4-10(15)16/h1-2,11-12H,3-4H2,(H,13,14)(H,15,16). The largest absolute Gasteiger partial charge is 0.504 e. The van der Waals surface area contributed by atoms with E-state index in [0.717, 1.165) is 12.1 Å². The van der Waals surface area contributed by atoms with Crippen molar-refractivity contribution in [2.24, 2.45) is 0 Å². The van der Waals surface area contributed by atoms with E-state index in [9.17, 15) is 19.8 Å². The number of rotatable bonds is 6. The van der Waals surface area contributed by atoms with Gasteiger partial charge in [-0.2, -0.15) is 0 Å². The molecule has 0 atom stereocenters. The van der Waals surface area contributed by atoms with Crippen LogP contribution in [-0.2, 0) is 9.59 Å². The molecule has 0 aliphatic rings. The van der Waals surface area contributed by atoms with Gasteiger partial charge in [-0.15, -0.1) is 0 Å². The van der Waals surface area contributed by atoms with Crippen molar-refractivity contribution in [3.63, 3.8) is 0 Å². The third-order valence-electron chi connectivity index (χ3n) is 1.74. The predicted octanol–water partition coefficient (Wildman–Crippen LogP) is 0.0246. The smallest absolute Gasteiger partial charge is 0.341 e. The van der Waals surface area contributed by atoms with Gasteiger partial charge in [0.2, 0.25) is 0 Å². The van der Waals surface area contributed by atoms with Crippen molar-refractivity contribution in [2.75, 3.05) is 13.2 Å². The van der Waals surface area contributed by atoms with Crippen LogP contribution in [0.15, 0.2) is 12.1 Å². The number of hydrogen-bond donors (Lipinski definition) is 4. The summed E-state index contributed by atoms with van der Waals surface area (Å²) >= 11 is 0. The van der Waals surface area contributed by atoms with Gasteiger partial charge in [-0.25, -0.2) is 9.59 Å². The number of carboxylic acid groups (broad SMARTS) is 2. The molecule has 0 spiro atoms. The number of benzene rings is 1. The van der Waals surface area contributed by atoms with Crippen LogP contribution in [0.4, 0.5) is 0 Å². The number of carboxylic acids is 2. The molecule has 1 aromatic rings. The van der Waals surface area contributed by atoms with Crippen LogP contribution in [0.2, 0.25) is 0 Å². The molecule has 1 aromatic carbocycles. The maximum absolute atomic E-state index is 10.3. The predicted molar refractivity (Wildman–Crippen MR) is 56.0 cm³/mol. The molecule has 0 unspecified atom stereocenters. The Kier molecular flexibility index (Phi) is 4.19. The molecule has 0 bridgehead atoms.